The van der Waals surface area contributed by atoms with Gasteiger partial charge in [0.1, 0.15) is 11.4 Å². The predicted molar refractivity (Wildman–Crippen MR) is 41.5 cm³/mol. The smallest absolute Gasteiger partial charge is 0.387 e. The molecular formula is C8H9F2NO2. The Labute approximate surface area is 74.0 Å². The summed E-state index contributed by atoms with van der Waals surface area (Å²) >= 11 is 0. The van der Waals surface area contributed by atoms with Gasteiger partial charge in [0.25, 0.3) is 0 Å². The molecule has 1 rings (SSSR count). The highest BCUT2D eigenvalue weighted by molar-refractivity contribution is 5.28. The molecule has 1 N–H and O–H groups in total. The lowest BCUT2D eigenvalue weighted by Gasteiger charge is -2.08. The summed E-state index contributed by atoms with van der Waals surface area (Å²) in [7, 11) is 0. The zero-order valence-corrected chi connectivity index (χ0v) is 7.00. The van der Waals surface area contributed by atoms with Gasteiger partial charge in [-0.1, -0.05) is 0 Å². The number of alkyl halides is 2. The molecule has 0 bridgehead atoms. The van der Waals surface area contributed by atoms with Gasteiger partial charge in [0.2, 0.25) is 0 Å². The number of pyridine rings is 1. The highest BCUT2D eigenvalue weighted by Crippen LogP contribution is 2.18. The Hall–Kier alpha value is -1.23. The van der Waals surface area contributed by atoms with Crippen LogP contribution in [0.1, 0.15) is 11.4 Å². The number of halogens is 2. The molecule has 1 aromatic rings. The molecule has 1 heterocycles. The fraction of sp³-hybridized carbons (Fsp3) is 0.375. The molecule has 0 fully saturated rings. The van der Waals surface area contributed by atoms with Crippen LogP contribution in [0.25, 0.3) is 0 Å². The highest BCUT2D eigenvalue weighted by Gasteiger charge is 2.09. The molecule has 0 spiro atoms. The van der Waals surface area contributed by atoms with E-state index in [9.17, 15) is 8.78 Å². The molecule has 5 heteroatoms. The minimum atomic E-state index is -2.89. The SMILES string of the molecule is Cc1ccc(OC(F)F)c(CO)n1. The standard InChI is InChI=1S/C8H9F2NO2/c1-5-2-3-7(13-8(9)10)6(4-12)11-5/h2-3,8,12H,4H2,1H3. The molecule has 13 heavy (non-hydrogen) atoms. The lowest BCUT2D eigenvalue weighted by atomic mass is 10.3. The fourth-order valence-electron chi connectivity index (χ4n) is 0.914. The van der Waals surface area contributed by atoms with E-state index in [0.717, 1.165) is 0 Å². The topological polar surface area (TPSA) is 42.4 Å². The average Bonchev–Trinajstić information content (AvgIpc) is 2.07. The Kier molecular flexibility index (Phi) is 3.13. The summed E-state index contributed by atoms with van der Waals surface area (Å²) in [5, 5.41) is 8.77. The molecule has 0 amide bonds. The van der Waals surface area contributed by atoms with E-state index in [1.165, 1.54) is 12.1 Å². The molecule has 0 radical (unpaired) electrons. The quantitative estimate of drug-likeness (QED) is 0.783. The van der Waals surface area contributed by atoms with Crippen molar-refractivity contribution in [1.82, 2.24) is 4.98 Å². The number of aliphatic hydroxyl groups excluding tert-OH is 1. The maximum Gasteiger partial charge on any atom is 0.387 e. The largest absolute Gasteiger partial charge is 0.433 e. The van der Waals surface area contributed by atoms with Crippen molar-refractivity contribution in [1.29, 1.82) is 0 Å². The van der Waals surface area contributed by atoms with Crippen LogP contribution in [0.4, 0.5) is 8.78 Å². The van der Waals surface area contributed by atoms with Gasteiger partial charge in [0.05, 0.1) is 6.61 Å². The van der Waals surface area contributed by atoms with Gasteiger partial charge in [-0.3, -0.25) is 4.98 Å². The zero-order chi connectivity index (χ0) is 9.84. The summed E-state index contributed by atoms with van der Waals surface area (Å²) in [6, 6.07) is 2.90. The van der Waals surface area contributed by atoms with Crippen molar-refractivity contribution >= 4 is 0 Å². The molecule has 0 aliphatic rings. The van der Waals surface area contributed by atoms with Crippen LogP contribution in [0, 0.1) is 6.92 Å². The van der Waals surface area contributed by atoms with Crippen LogP contribution in [-0.2, 0) is 6.61 Å². The third kappa shape index (κ3) is 2.62. The highest BCUT2D eigenvalue weighted by atomic mass is 19.3. The van der Waals surface area contributed by atoms with Crippen molar-refractivity contribution in [3.63, 3.8) is 0 Å². The molecule has 72 valence electrons. The first-order valence-electron chi connectivity index (χ1n) is 3.65. The van der Waals surface area contributed by atoms with E-state index in [2.05, 4.69) is 9.72 Å². The van der Waals surface area contributed by atoms with Crippen LogP contribution in [0.5, 0.6) is 5.75 Å². The van der Waals surface area contributed by atoms with E-state index in [0.29, 0.717) is 5.69 Å². The lowest BCUT2D eigenvalue weighted by molar-refractivity contribution is -0.0512. The van der Waals surface area contributed by atoms with Crippen LogP contribution in [0.3, 0.4) is 0 Å². The fourth-order valence-corrected chi connectivity index (χ4v) is 0.914. The number of aromatic nitrogens is 1. The number of nitrogens with zero attached hydrogens (tertiary/aromatic N) is 1. The van der Waals surface area contributed by atoms with Gasteiger partial charge >= 0.3 is 6.61 Å². The van der Waals surface area contributed by atoms with Crippen LogP contribution < -0.4 is 4.74 Å². The number of rotatable bonds is 3. The number of hydrogen-bond acceptors (Lipinski definition) is 3. The third-order valence-corrected chi connectivity index (χ3v) is 1.44. The minimum absolute atomic E-state index is 0.0805. The monoisotopic (exact) mass is 189 g/mol. The molecule has 0 saturated carbocycles. The molecule has 3 nitrogen and oxygen atoms in total. The third-order valence-electron chi connectivity index (χ3n) is 1.44. The first-order valence-corrected chi connectivity index (χ1v) is 3.65. The summed E-state index contributed by atoms with van der Waals surface area (Å²) in [5.74, 6) is -0.0805. The summed E-state index contributed by atoms with van der Waals surface area (Å²) in [6.07, 6.45) is 0. The summed E-state index contributed by atoms with van der Waals surface area (Å²) in [5.41, 5.74) is 0.769. The van der Waals surface area contributed by atoms with Gasteiger partial charge in [-0.05, 0) is 19.1 Å². The Morgan fingerprint density at radius 3 is 2.77 bits per heavy atom. The van der Waals surface area contributed by atoms with Crippen molar-refractivity contribution in [2.45, 2.75) is 20.1 Å². The minimum Gasteiger partial charge on any atom is -0.433 e. The van der Waals surface area contributed by atoms with Gasteiger partial charge in [-0.25, -0.2) is 0 Å². The van der Waals surface area contributed by atoms with E-state index in [4.69, 9.17) is 5.11 Å². The molecule has 0 saturated heterocycles. The molecular weight excluding hydrogens is 180 g/mol. The van der Waals surface area contributed by atoms with E-state index in [-0.39, 0.29) is 11.4 Å². The number of aliphatic hydroxyl groups is 1. The second-order valence-corrected chi connectivity index (χ2v) is 2.43. The van der Waals surface area contributed by atoms with Gasteiger partial charge in [0.15, 0.2) is 0 Å². The van der Waals surface area contributed by atoms with Crippen molar-refractivity contribution in [2.24, 2.45) is 0 Å². The first-order chi connectivity index (χ1) is 6.13. The number of ether oxygens (including phenoxy) is 1. The number of aryl methyl sites for hydroxylation is 1. The van der Waals surface area contributed by atoms with Gasteiger partial charge in [-0.2, -0.15) is 8.78 Å². The van der Waals surface area contributed by atoms with Crippen molar-refractivity contribution in [2.75, 3.05) is 0 Å². The number of hydrogen-bond donors (Lipinski definition) is 1. The normalized spacial score (nSPS) is 10.5. The van der Waals surface area contributed by atoms with Gasteiger partial charge in [-0.15, -0.1) is 0 Å². The first kappa shape index (κ1) is 9.85. The maximum atomic E-state index is 11.8. The summed E-state index contributed by atoms with van der Waals surface area (Å²) < 4.78 is 27.7. The lowest BCUT2D eigenvalue weighted by Crippen LogP contribution is -2.06. The second kappa shape index (κ2) is 4.13. The Balaban J connectivity index is 2.92. The van der Waals surface area contributed by atoms with Gasteiger partial charge in [0, 0.05) is 5.69 Å². The van der Waals surface area contributed by atoms with Crippen LogP contribution in [0.2, 0.25) is 0 Å². The summed E-state index contributed by atoms with van der Waals surface area (Å²) in [6.45, 7) is -1.61. The van der Waals surface area contributed by atoms with Crippen LogP contribution in [-0.4, -0.2) is 16.7 Å². The Bertz CT molecular complexity index is 291. The maximum absolute atomic E-state index is 11.8. The van der Waals surface area contributed by atoms with Crippen molar-refractivity contribution in [3.8, 4) is 5.75 Å². The Morgan fingerprint density at radius 1 is 1.54 bits per heavy atom. The van der Waals surface area contributed by atoms with Crippen LogP contribution >= 0.6 is 0 Å². The molecule has 0 aliphatic heterocycles. The molecule has 0 aromatic carbocycles. The zero-order valence-electron chi connectivity index (χ0n) is 7.00. The average molecular weight is 189 g/mol. The van der Waals surface area contributed by atoms with Crippen molar-refractivity contribution < 1.29 is 18.6 Å². The Morgan fingerprint density at radius 2 is 2.23 bits per heavy atom. The molecule has 0 atom stereocenters. The van der Waals surface area contributed by atoms with E-state index in [1.807, 2.05) is 0 Å². The van der Waals surface area contributed by atoms with Crippen molar-refractivity contribution in [3.05, 3.63) is 23.5 Å². The van der Waals surface area contributed by atoms with E-state index in [1.54, 1.807) is 6.92 Å². The molecule has 0 aliphatic carbocycles. The van der Waals surface area contributed by atoms with Gasteiger partial charge < -0.3 is 9.84 Å². The summed E-state index contributed by atoms with van der Waals surface area (Å²) in [4.78, 5) is 3.84. The predicted octanol–water partition coefficient (Wildman–Crippen LogP) is 1.48. The van der Waals surface area contributed by atoms with E-state index < -0.39 is 13.2 Å². The van der Waals surface area contributed by atoms with E-state index >= 15 is 0 Å². The molecule has 0 unspecified atom stereocenters. The second-order valence-electron chi connectivity index (χ2n) is 2.43. The molecule has 1 aromatic heterocycles. The van der Waals surface area contributed by atoms with Crippen LogP contribution in [0.15, 0.2) is 12.1 Å².